The molecule has 1 aromatic carbocycles. The van der Waals surface area contributed by atoms with Crippen molar-refractivity contribution in [1.29, 1.82) is 0 Å². The van der Waals surface area contributed by atoms with Crippen LogP contribution in [0.2, 0.25) is 0 Å². The number of benzene rings is 1. The number of thiophene rings is 1. The molecule has 0 saturated carbocycles. The van der Waals surface area contributed by atoms with Crippen LogP contribution < -0.4 is 10.2 Å². The largest absolute Gasteiger partial charge is 0.369 e. The molecule has 1 fully saturated rings. The van der Waals surface area contributed by atoms with Gasteiger partial charge in [0.2, 0.25) is 5.91 Å². The van der Waals surface area contributed by atoms with Gasteiger partial charge in [-0.25, -0.2) is 4.39 Å². The number of likely N-dealkylation sites (N-methyl/N-ethyl adjacent to an activating group) is 1. The van der Waals surface area contributed by atoms with E-state index < -0.39 is 0 Å². The summed E-state index contributed by atoms with van der Waals surface area (Å²) in [6.45, 7) is 4.90. The Hall–Kier alpha value is -2.45. The lowest BCUT2D eigenvalue weighted by molar-refractivity contribution is -0.121. The molecule has 2 amide bonds. The number of carbonyl (C=O) groups is 2. The fourth-order valence-electron chi connectivity index (χ4n) is 3.17. The third-order valence-corrected chi connectivity index (χ3v) is 5.63. The number of hydrogen-bond donors (Lipinski definition) is 1. The zero-order valence-electron chi connectivity index (χ0n) is 15.9. The highest BCUT2D eigenvalue weighted by Gasteiger charge is 2.18. The third kappa shape index (κ3) is 5.53. The molecule has 0 radical (unpaired) electrons. The highest BCUT2D eigenvalue weighted by Crippen LogP contribution is 2.16. The summed E-state index contributed by atoms with van der Waals surface area (Å²) < 4.78 is 13.0. The van der Waals surface area contributed by atoms with E-state index in [1.54, 1.807) is 25.2 Å². The lowest BCUT2D eigenvalue weighted by Crippen LogP contribution is -2.49. The summed E-state index contributed by atoms with van der Waals surface area (Å²) >= 11 is 1.37. The van der Waals surface area contributed by atoms with Crippen molar-refractivity contribution in [3.05, 3.63) is 52.5 Å². The fourth-order valence-corrected chi connectivity index (χ4v) is 3.88. The average molecular weight is 405 g/mol. The Labute approximate surface area is 168 Å². The minimum atomic E-state index is -0.221. The molecule has 6 nitrogen and oxygen atoms in total. The average Bonchev–Trinajstić information content (AvgIpc) is 3.23. The van der Waals surface area contributed by atoms with E-state index in [1.165, 1.54) is 28.4 Å². The maximum atomic E-state index is 13.0. The Morgan fingerprint density at radius 1 is 1.14 bits per heavy atom. The smallest absolute Gasteiger partial charge is 0.264 e. The van der Waals surface area contributed by atoms with Crippen LogP contribution in [-0.2, 0) is 4.79 Å². The third-order valence-electron chi connectivity index (χ3n) is 4.77. The Morgan fingerprint density at radius 2 is 1.86 bits per heavy atom. The monoisotopic (exact) mass is 404 g/mol. The molecule has 0 unspecified atom stereocenters. The maximum absolute atomic E-state index is 13.0. The summed E-state index contributed by atoms with van der Waals surface area (Å²) in [6, 6.07) is 10.2. The predicted octanol–water partition coefficient (Wildman–Crippen LogP) is 1.90. The molecule has 28 heavy (non-hydrogen) atoms. The van der Waals surface area contributed by atoms with E-state index >= 15 is 0 Å². The number of nitrogens with zero attached hydrogens (tertiary/aromatic N) is 3. The summed E-state index contributed by atoms with van der Waals surface area (Å²) in [5, 5.41) is 4.73. The van der Waals surface area contributed by atoms with E-state index in [4.69, 9.17) is 0 Å². The lowest BCUT2D eigenvalue weighted by Gasteiger charge is -2.36. The molecule has 2 aromatic rings. The van der Waals surface area contributed by atoms with E-state index in [0.29, 0.717) is 11.4 Å². The highest BCUT2D eigenvalue weighted by molar-refractivity contribution is 7.12. The number of nitrogens with one attached hydrogen (secondary N) is 1. The van der Waals surface area contributed by atoms with Crippen molar-refractivity contribution in [2.45, 2.75) is 0 Å². The Morgan fingerprint density at radius 3 is 2.50 bits per heavy atom. The summed E-state index contributed by atoms with van der Waals surface area (Å²) in [5.41, 5.74) is 1.03. The molecule has 0 spiro atoms. The topological polar surface area (TPSA) is 55.9 Å². The zero-order chi connectivity index (χ0) is 19.9. The number of anilines is 1. The van der Waals surface area contributed by atoms with E-state index in [2.05, 4.69) is 15.1 Å². The SMILES string of the molecule is CN(CC(=O)NCCN1CCN(c2ccc(F)cc2)CC1)C(=O)c1cccs1. The van der Waals surface area contributed by atoms with Gasteiger partial charge in [0, 0.05) is 52.0 Å². The van der Waals surface area contributed by atoms with Crippen LogP contribution in [0.3, 0.4) is 0 Å². The maximum Gasteiger partial charge on any atom is 0.264 e. The quantitative estimate of drug-likeness (QED) is 0.766. The molecule has 150 valence electrons. The summed E-state index contributed by atoms with van der Waals surface area (Å²) in [4.78, 5) is 30.8. The molecule has 0 atom stereocenters. The Kier molecular flexibility index (Phi) is 7.00. The molecule has 1 aliphatic rings. The first kappa shape index (κ1) is 20.3. The van der Waals surface area contributed by atoms with Crippen molar-refractivity contribution in [2.75, 3.05) is 57.8 Å². The standard InChI is InChI=1S/C20H25FN4O2S/c1-23(20(27)18-3-2-14-28-18)15-19(26)22-8-9-24-10-12-25(13-11-24)17-6-4-16(21)5-7-17/h2-7,14H,8-13,15H2,1H3,(H,22,26). The second-order valence-corrected chi connectivity index (χ2v) is 7.74. The Balaban J connectivity index is 1.33. The summed E-state index contributed by atoms with van der Waals surface area (Å²) in [7, 11) is 1.64. The molecule has 1 saturated heterocycles. The first-order valence-corrected chi connectivity index (χ1v) is 10.2. The van der Waals surface area contributed by atoms with Gasteiger partial charge in [-0.05, 0) is 35.7 Å². The van der Waals surface area contributed by atoms with Crippen LogP contribution in [0, 0.1) is 5.82 Å². The first-order chi connectivity index (χ1) is 13.5. The molecule has 0 bridgehead atoms. The minimum absolute atomic E-state index is 0.0507. The molecular formula is C20H25FN4O2S. The summed E-state index contributed by atoms with van der Waals surface area (Å²) in [5.74, 6) is -0.514. The van der Waals surface area contributed by atoms with Gasteiger partial charge in [-0.1, -0.05) is 6.07 Å². The molecule has 2 heterocycles. The minimum Gasteiger partial charge on any atom is -0.369 e. The van der Waals surface area contributed by atoms with Crippen LogP contribution in [0.25, 0.3) is 0 Å². The second-order valence-electron chi connectivity index (χ2n) is 6.79. The van der Waals surface area contributed by atoms with Crippen LogP contribution >= 0.6 is 11.3 Å². The molecule has 3 rings (SSSR count). The van der Waals surface area contributed by atoms with Gasteiger partial charge in [0.1, 0.15) is 5.82 Å². The van der Waals surface area contributed by atoms with Crippen molar-refractivity contribution in [1.82, 2.24) is 15.1 Å². The van der Waals surface area contributed by atoms with E-state index in [-0.39, 0.29) is 24.2 Å². The van der Waals surface area contributed by atoms with Crippen LogP contribution in [0.1, 0.15) is 9.67 Å². The van der Waals surface area contributed by atoms with E-state index in [1.807, 2.05) is 11.4 Å². The lowest BCUT2D eigenvalue weighted by atomic mass is 10.2. The van der Waals surface area contributed by atoms with E-state index in [0.717, 1.165) is 38.4 Å². The van der Waals surface area contributed by atoms with Gasteiger partial charge in [-0.15, -0.1) is 11.3 Å². The number of halogens is 1. The molecule has 8 heteroatoms. The molecular weight excluding hydrogens is 379 g/mol. The fraction of sp³-hybridized carbons (Fsp3) is 0.400. The molecule has 1 aliphatic heterocycles. The highest BCUT2D eigenvalue weighted by atomic mass is 32.1. The van der Waals surface area contributed by atoms with Gasteiger partial charge in [0.15, 0.2) is 0 Å². The number of amides is 2. The van der Waals surface area contributed by atoms with Gasteiger partial charge in [-0.3, -0.25) is 14.5 Å². The van der Waals surface area contributed by atoms with Crippen LogP contribution in [0.4, 0.5) is 10.1 Å². The van der Waals surface area contributed by atoms with Gasteiger partial charge in [0.25, 0.3) is 5.91 Å². The normalized spacial score (nSPS) is 14.7. The van der Waals surface area contributed by atoms with Crippen molar-refractivity contribution < 1.29 is 14.0 Å². The van der Waals surface area contributed by atoms with Crippen molar-refractivity contribution in [2.24, 2.45) is 0 Å². The first-order valence-electron chi connectivity index (χ1n) is 9.31. The van der Waals surface area contributed by atoms with Crippen LogP contribution in [-0.4, -0.2) is 74.5 Å². The van der Waals surface area contributed by atoms with Crippen molar-refractivity contribution in [3.8, 4) is 0 Å². The molecule has 1 N–H and O–H groups in total. The van der Waals surface area contributed by atoms with E-state index in [9.17, 15) is 14.0 Å². The second kappa shape index (κ2) is 9.66. The molecule has 1 aromatic heterocycles. The summed E-state index contributed by atoms with van der Waals surface area (Å²) in [6.07, 6.45) is 0. The van der Waals surface area contributed by atoms with Gasteiger partial charge >= 0.3 is 0 Å². The zero-order valence-corrected chi connectivity index (χ0v) is 16.8. The number of hydrogen-bond acceptors (Lipinski definition) is 5. The number of carbonyl (C=O) groups excluding carboxylic acids is 2. The van der Waals surface area contributed by atoms with Gasteiger partial charge in [-0.2, -0.15) is 0 Å². The van der Waals surface area contributed by atoms with Crippen molar-refractivity contribution >= 4 is 28.8 Å². The predicted molar refractivity (Wildman–Crippen MR) is 109 cm³/mol. The Bertz CT molecular complexity index is 774. The van der Waals surface area contributed by atoms with Gasteiger partial charge in [0.05, 0.1) is 11.4 Å². The van der Waals surface area contributed by atoms with Crippen LogP contribution in [0.5, 0.6) is 0 Å². The number of rotatable bonds is 7. The van der Waals surface area contributed by atoms with Gasteiger partial charge < -0.3 is 15.1 Å². The van der Waals surface area contributed by atoms with Crippen molar-refractivity contribution in [3.63, 3.8) is 0 Å². The number of piperazine rings is 1. The van der Waals surface area contributed by atoms with Crippen LogP contribution in [0.15, 0.2) is 41.8 Å². The molecule has 0 aliphatic carbocycles.